The molecule has 0 spiro atoms. The van der Waals surface area contributed by atoms with Gasteiger partial charge in [-0.15, -0.1) is 0 Å². The van der Waals surface area contributed by atoms with Crippen molar-refractivity contribution in [1.82, 2.24) is 4.90 Å². The summed E-state index contributed by atoms with van der Waals surface area (Å²) < 4.78 is 5.92. The Morgan fingerprint density at radius 2 is 2.16 bits per heavy atom. The Bertz CT molecular complexity index is 444. The van der Waals surface area contributed by atoms with Gasteiger partial charge in [-0.05, 0) is 24.3 Å². The fourth-order valence-corrected chi connectivity index (χ4v) is 3.51. The Kier molecular flexibility index (Phi) is 3.84. The van der Waals surface area contributed by atoms with Gasteiger partial charge in [0.25, 0.3) is 0 Å². The van der Waals surface area contributed by atoms with Crippen molar-refractivity contribution in [2.75, 3.05) is 26.2 Å². The van der Waals surface area contributed by atoms with Crippen LogP contribution in [0.3, 0.4) is 0 Å². The predicted molar refractivity (Wildman–Crippen MR) is 78.5 cm³/mol. The lowest BCUT2D eigenvalue weighted by Crippen LogP contribution is -2.46. The largest absolute Gasteiger partial charge is 0.371 e. The molecule has 19 heavy (non-hydrogen) atoms. The van der Waals surface area contributed by atoms with E-state index in [0.29, 0.717) is 5.41 Å². The highest BCUT2D eigenvalue weighted by atomic mass is 35.5. The van der Waals surface area contributed by atoms with Gasteiger partial charge in [0.05, 0.1) is 12.7 Å². The minimum atomic E-state index is 0.131. The summed E-state index contributed by atoms with van der Waals surface area (Å²) in [5.41, 5.74) is 1.68. The molecular weight excluding hydrogens is 258 g/mol. The van der Waals surface area contributed by atoms with Crippen molar-refractivity contribution in [3.8, 4) is 0 Å². The van der Waals surface area contributed by atoms with Crippen LogP contribution in [-0.2, 0) is 4.74 Å². The lowest BCUT2D eigenvalue weighted by molar-refractivity contribution is -0.0502. The molecule has 0 aromatic heterocycles. The number of ether oxygens (including phenoxy) is 1. The molecule has 1 aliphatic carbocycles. The third-order valence-corrected chi connectivity index (χ3v) is 4.91. The third kappa shape index (κ3) is 2.96. The van der Waals surface area contributed by atoms with Crippen molar-refractivity contribution in [1.29, 1.82) is 0 Å². The number of halogens is 1. The minimum Gasteiger partial charge on any atom is -0.371 e. The molecule has 0 bridgehead atoms. The average Bonchev–Trinajstić information content (AvgIpc) is 2.38. The van der Waals surface area contributed by atoms with E-state index in [-0.39, 0.29) is 6.10 Å². The van der Waals surface area contributed by atoms with Crippen LogP contribution in [0.5, 0.6) is 0 Å². The fourth-order valence-electron chi connectivity index (χ4n) is 3.25. The standard InChI is InChI=1S/C16H22ClNO/c1-16(7-4-8-16)12-18-9-10-19-15(11-18)13-5-2-3-6-14(13)17/h2-3,5-6,15H,4,7-12H2,1H3. The number of hydrogen-bond donors (Lipinski definition) is 0. The predicted octanol–water partition coefficient (Wildman–Crippen LogP) is 3.90. The Hall–Kier alpha value is -0.570. The first-order valence-corrected chi connectivity index (χ1v) is 7.62. The summed E-state index contributed by atoms with van der Waals surface area (Å²) in [5, 5.41) is 0.823. The Morgan fingerprint density at radius 3 is 2.84 bits per heavy atom. The van der Waals surface area contributed by atoms with Gasteiger partial charge in [0.1, 0.15) is 0 Å². The Morgan fingerprint density at radius 1 is 1.37 bits per heavy atom. The molecule has 1 atom stereocenters. The van der Waals surface area contributed by atoms with Crippen LogP contribution in [0.4, 0.5) is 0 Å². The van der Waals surface area contributed by atoms with Crippen LogP contribution in [0, 0.1) is 5.41 Å². The van der Waals surface area contributed by atoms with Crippen molar-refractivity contribution < 1.29 is 4.74 Å². The van der Waals surface area contributed by atoms with Crippen molar-refractivity contribution >= 4 is 11.6 Å². The van der Waals surface area contributed by atoms with E-state index in [2.05, 4.69) is 17.9 Å². The van der Waals surface area contributed by atoms with Crippen LogP contribution in [0.15, 0.2) is 24.3 Å². The molecule has 1 aliphatic heterocycles. The Balaban J connectivity index is 1.66. The van der Waals surface area contributed by atoms with Gasteiger partial charge in [-0.25, -0.2) is 0 Å². The van der Waals surface area contributed by atoms with E-state index in [1.807, 2.05) is 18.2 Å². The third-order valence-electron chi connectivity index (χ3n) is 4.57. The molecular formula is C16H22ClNO. The lowest BCUT2D eigenvalue weighted by Gasteiger charge is -2.44. The number of morpholine rings is 1. The lowest BCUT2D eigenvalue weighted by atomic mass is 9.70. The van der Waals surface area contributed by atoms with E-state index < -0.39 is 0 Å². The van der Waals surface area contributed by atoms with Gasteiger partial charge in [-0.2, -0.15) is 0 Å². The molecule has 0 amide bonds. The molecule has 0 N–H and O–H groups in total. The zero-order chi connectivity index (χ0) is 13.3. The summed E-state index contributed by atoms with van der Waals surface area (Å²) in [5.74, 6) is 0. The van der Waals surface area contributed by atoms with E-state index in [1.54, 1.807) is 0 Å². The quantitative estimate of drug-likeness (QED) is 0.832. The van der Waals surface area contributed by atoms with Gasteiger partial charge < -0.3 is 4.74 Å². The molecule has 2 fully saturated rings. The van der Waals surface area contributed by atoms with Gasteiger partial charge in [0.15, 0.2) is 0 Å². The molecule has 3 heteroatoms. The second kappa shape index (κ2) is 5.43. The highest BCUT2D eigenvalue weighted by Gasteiger charge is 2.35. The van der Waals surface area contributed by atoms with Crippen LogP contribution in [0.1, 0.15) is 37.9 Å². The van der Waals surface area contributed by atoms with Gasteiger partial charge in [-0.3, -0.25) is 4.90 Å². The summed E-state index contributed by atoms with van der Waals surface area (Å²) in [6.45, 7) is 6.45. The zero-order valence-corrected chi connectivity index (χ0v) is 12.3. The van der Waals surface area contributed by atoms with E-state index in [4.69, 9.17) is 16.3 Å². The van der Waals surface area contributed by atoms with Crippen molar-refractivity contribution in [3.63, 3.8) is 0 Å². The molecule has 1 aromatic carbocycles. The number of benzene rings is 1. The van der Waals surface area contributed by atoms with Crippen LogP contribution >= 0.6 is 11.6 Å². The first kappa shape index (κ1) is 13.4. The molecule has 0 radical (unpaired) electrons. The normalized spacial score (nSPS) is 26.9. The molecule has 2 aliphatic rings. The summed E-state index contributed by atoms with van der Waals surface area (Å²) in [6.07, 6.45) is 4.28. The highest BCUT2D eigenvalue weighted by molar-refractivity contribution is 6.31. The number of rotatable bonds is 3. The second-order valence-corrected chi connectivity index (χ2v) is 6.69. The first-order valence-electron chi connectivity index (χ1n) is 7.25. The number of hydrogen-bond acceptors (Lipinski definition) is 2. The monoisotopic (exact) mass is 279 g/mol. The minimum absolute atomic E-state index is 0.131. The van der Waals surface area contributed by atoms with E-state index in [9.17, 15) is 0 Å². The van der Waals surface area contributed by atoms with Crippen LogP contribution in [0.2, 0.25) is 5.02 Å². The van der Waals surface area contributed by atoms with Crippen molar-refractivity contribution in [3.05, 3.63) is 34.9 Å². The zero-order valence-electron chi connectivity index (χ0n) is 11.6. The summed E-state index contributed by atoms with van der Waals surface area (Å²) in [6, 6.07) is 8.05. The molecule has 1 aromatic rings. The molecule has 3 rings (SSSR count). The highest BCUT2D eigenvalue weighted by Crippen LogP contribution is 2.41. The second-order valence-electron chi connectivity index (χ2n) is 6.28. The summed E-state index contributed by atoms with van der Waals surface area (Å²) in [7, 11) is 0. The molecule has 1 saturated heterocycles. The molecule has 104 valence electrons. The van der Waals surface area contributed by atoms with Gasteiger partial charge in [-0.1, -0.05) is 43.1 Å². The van der Waals surface area contributed by atoms with Gasteiger partial charge in [0.2, 0.25) is 0 Å². The van der Waals surface area contributed by atoms with E-state index in [1.165, 1.54) is 25.8 Å². The van der Waals surface area contributed by atoms with E-state index >= 15 is 0 Å². The SMILES string of the molecule is CC1(CN2CCOC(c3ccccc3Cl)C2)CCC1. The molecule has 2 nitrogen and oxygen atoms in total. The van der Waals surface area contributed by atoms with Crippen LogP contribution < -0.4 is 0 Å². The van der Waals surface area contributed by atoms with Crippen LogP contribution in [0.25, 0.3) is 0 Å². The summed E-state index contributed by atoms with van der Waals surface area (Å²) in [4.78, 5) is 2.55. The molecule has 1 unspecified atom stereocenters. The maximum atomic E-state index is 6.28. The Labute approximate surface area is 120 Å². The van der Waals surface area contributed by atoms with Gasteiger partial charge >= 0.3 is 0 Å². The molecule has 1 saturated carbocycles. The van der Waals surface area contributed by atoms with Crippen molar-refractivity contribution in [2.45, 2.75) is 32.3 Å². The van der Waals surface area contributed by atoms with Gasteiger partial charge in [0, 0.05) is 30.2 Å². The van der Waals surface area contributed by atoms with Crippen LogP contribution in [-0.4, -0.2) is 31.1 Å². The maximum Gasteiger partial charge on any atom is 0.0966 e. The first-order chi connectivity index (χ1) is 9.16. The smallest absolute Gasteiger partial charge is 0.0966 e. The average molecular weight is 280 g/mol. The molecule has 1 heterocycles. The van der Waals surface area contributed by atoms with E-state index in [0.717, 1.165) is 30.3 Å². The topological polar surface area (TPSA) is 12.5 Å². The summed E-state index contributed by atoms with van der Waals surface area (Å²) >= 11 is 6.28. The number of nitrogens with zero attached hydrogens (tertiary/aromatic N) is 1. The maximum absolute atomic E-state index is 6.28. The van der Waals surface area contributed by atoms with Crippen molar-refractivity contribution in [2.24, 2.45) is 5.41 Å². The fraction of sp³-hybridized carbons (Fsp3) is 0.625.